The fourth-order valence-electron chi connectivity index (χ4n) is 1.20. The summed E-state index contributed by atoms with van der Waals surface area (Å²) in [5.74, 6) is 0.122. The van der Waals surface area contributed by atoms with Gasteiger partial charge in [-0.15, -0.1) is 0 Å². The fraction of sp³-hybridized carbons (Fsp3) is 0. The summed E-state index contributed by atoms with van der Waals surface area (Å²) >= 11 is 1.09. The molecule has 0 atom stereocenters. The first kappa shape index (κ1) is 11.9. The van der Waals surface area contributed by atoms with Gasteiger partial charge in [0.05, 0.1) is 5.69 Å². The van der Waals surface area contributed by atoms with Crippen LogP contribution in [0.3, 0.4) is 0 Å². The van der Waals surface area contributed by atoms with Gasteiger partial charge >= 0.3 is 0 Å². The van der Waals surface area contributed by atoms with Gasteiger partial charge in [0.1, 0.15) is 16.9 Å². The van der Waals surface area contributed by atoms with Crippen molar-refractivity contribution in [2.75, 3.05) is 11.5 Å². The molecule has 2 aromatic rings. The number of nitrogens with two attached hydrogens (primary N) is 2. The van der Waals surface area contributed by atoms with Crippen LogP contribution in [0.2, 0.25) is 0 Å². The van der Waals surface area contributed by atoms with E-state index in [9.17, 15) is 4.79 Å². The number of nitrogens with zero attached hydrogens (tertiary/aromatic N) is 3. The number of nitriles is 1. The Hall–Kier alpha value is -2.53. The quantitative estimate of drug-likeness (QED) is 0.663. The maximum Gasteiger partial charge on any atom is 0.253 e. The molecule has 0 aliphatic heterocycles. The lowest BCUT2D eigenvalue weighted by molar-refractivity contribution is 0.939. The predicted octanol–water partition coefficient (Wildman–Crippen LogP) is 0.352. The van der Waals surface area contributed by atoms with E-state index in [0.29, 0.717) is 15.9 Å². The Balaban J connectivity index is 2.34. The first-order chi connectivity index (χ1) is 8.58. The topological polar surface area (TPSA) is 134 Å². The summed E-state index contributed by atoms with van der Waals surface area (Å²) in [5, 5.41) is 9.60. The number of nitrogen functional groups attached to an aromatic ring is 2. The molecule has 7 nitrogen and oxygen atoms in total. The molecule has 5 N–H and O–H groups in total. The van der Waals surface area contributed by atoms with Crippen LogP contribution >= 0.6 is 11.8 Å². The number of nitrogens with one attached hydrogen (secondary N) is 1. The van der Waals surface area contributed by atoms with Gasteiger partial charge in [-0.3, -0.25) is 4.79 Å². The largest absolute Gasteiger partial charge is 0.396 e. The van der Waals surface area contributed by atoms with Gasteiger partial charge in [0.2, 0.25) is 0 Å². The predicted molar refractivity (Wildman–Crippen MR) is 66.8 cm³/mol. The van der Waals surface area contributed by atoms with Crippen molar-refractivity contribution in [2.24, 2.45) is 0 Å². The average molecular weight is 260 g/mol. The van der Waals surface area contributed by atoms with E-state index in [-0.39, 0.29) is 17.1 Å². The molecule has 0 aliphatic carbocycles. The van der Waals surface area contributed by atoms with Gasteiger partial charge < -0.3 is 16.5 Å². The Morgan fingerprint density at radius 3 is 2.78 bits per heavy atom. The molecule has 0 saturated heterocycles. The minimum absolute atomic E-state index is 0.122. The molecule has 0 radical (unpaired) electrons. The van der Waals surface area contributed by atoms with Crippen LogP contribution in [0.5, 0.6) is 0 Å². The van der Waals surface area contributed by atoms with Gasteiger partial charge in [-0.2, -0.15) is 5.26 Å². The number of anilines is 2. The Morgan fingerprint density at radius 2 is 2.11 bits per heavy atom. The summed E-state index contributed by atoms with van der Waals surface area (Å²) in [6.07, 6.45) is 0. The van der Waals surface area contributed by atoms with Crippen molar-refractivity contribution >= 4 is 23.3 Å². The lowest BCUT2D eigenvalue weighted by Crippen LogP contribution is -2.09. The monoisotopic (exact) mass is 260 g/mol. The highest BCUT2D eigenvalue weighted by atomic mass is 32.2. The lowest BCUT2D eigenvalue weighted by atomic mass is 10.3. The van der Waals surface area contributed by atoms with E-state index in [2.05, 4.69) is 15.0 Å². The summed E-state index contributed by atoms with van der Waals surface area (Å²) in [4.78, 5) is 21.7. The van der Waals surface area contributed by atoms with Crippen molar-refractivity contribution in [2.45, 2.75) is 10.2 Å². The molecule has 0 aromatic carbocycles. The van der Waals surface area contributed by atoms with Gasteiger partial charge in [-0.05, 0) is 23.9 Å². The van der Waals surface area contributed by atoms with E-state index >= 15 is 0 Å². The zero-order chi connectivity index (χ0) is 13.1. The average Bonchev–Trinajstić information content (AvgIpc) is 2.30. The number of aromatic amines is 1. The van der Waals surface area contributed by atoms with E-state index in [4.69, 9.17) is 16.7 Å². The number of rotatable bonds is 2. The van der Waals surface area contributed by atoms with Crippen LogP contribution in [0.15, 0.2) is 33.2 Å². The Bertz CT molecular complexity index is 689. The molecular formula is C10H8N6OS. The van der Waals surface area contributed by atoms with Crippen molar-refractivity contribution in [3.05, 3.63) is 34.2 Å². The molecule has 0 amide bonds. The van der Waals surface area contributed by atoms with Crippen LogP contribution in [-0.2, 0) is 0 Å². The van der Waals surface area contributed by atoms with Crippen LogP contribution in [0.1, 0.15) is 5.69 Å². The van der Waals surface area contributed by atoms with E-state index in [0.717, 1.165) is 11.8 Å². The Morgan fingerprint density at radius 1 is 1.33 bits per heavy atom. The summed E-state index contributed by atoms with van der Waals surface area (Å²) in [5.41, 5.74) is 11.1. The van der Waals surface area contributed by atoms with Crippen LogP contribution in [0.4, 0.5) is 11.5 Å². The summed E-state index contributed by atoms with van der Waals surface area (Å²) in [6, 6.07) is 6.26. The Labute approximate surface area is 106 Å². The van der Waals surface area contributed by atoms with E-state index in [1.54, 1.807) is 12.1 Å². The van der Waals surface area contributed by atoms with Crippen molar-refractivity contribution in [1.29, 1.82) is 5.26 Å². The normalized spacial score (nSPS) is 9.94. The second-order valence-electron chi connectivity index (χ2n) is 3.28. The number of hydrogen-bond donors (Lipinski definition) is 3. The highest BCUT2D eigenvalue weighted by molar-refractivity contribution is 7.99. The highest BCUT2D eigenvalue weighted by Crippen LogP contribution is 2.23. The van der Waals surface area contributed by atoms with Gasteiger partial charge in [0.15, 0.2) is 10.9 Å². The van der Waals surface area contributed by atoms with Crippen LogP contribution < -0.4 is 17.0 Å². The molecule has 0 fully saturated rings. The minimum Gasteiger partial charge on any atom is -0.396 e. The third kappa shape index (κ3) is 2.58. The second-order valence-corrected chi connectivity index (χ2v) is 4.29. The van der Waals surface area contributed by atoms with E-state index in [1.807, 2.05) is 6.07 Å². The third-order valence-electron chi connectivity index (χ3n) is 1.95. The molecule has 0 spiro atoms. The molecule has 2 heterocycles. The van der Waals surface area contributed by atoms with E-state index in [1.165, 1.54) is 6.07 Å². The van der Waals surface area contributed by atoms with Gasteiger partial charge in [0, 0.05) is 6.07 Å². The van der Waals surface area contributed by atoms with Gasteiger partial charge in [-0.1, -0.05) is 0 Å². The Kier molecular flexibility index (Phi) is 3.16. The highest BCUT2D eigenvalue weighted by Gasteiger charge is 2.06. The minimum atomic E-state index is -0.346. The van der Waals surface area contributed by atoms with Gasteiger partial charge in [-0.25, -0.2) is 9.97 Å². The zero-order valence-corrected chi connectivity index (χ0v) is 9.86. The standard InChI is InChI=1S/C10H8N6OS/c11-4-6-5(12)1-2-9(14-6)18-10-15-7(13)3-8(17)16-10/h1-3H,12H2,(H3,13,15,16,17). The molecule has 0 aliphatic rings. The summed E-state index contributed by atoms with van der Waals surface area (Å²) < 4.78 is 0. The SMILES string of the molecule is N#Cc1nc(Sc2nc(N)cc(=O)[nH]2)ccc1N. The molecular weight excluding hydrogens is 252 g/mol. The summed E-state index contributed by atoms with van der Waals surface area (Å²) in [6.45, 7) is 0. The number of H-pyrrole nitrogens is 1. The smallest absolute Gasteiger partial charge is 0.253 e. The number of aromatic nitrogens is 3. The number of pyridine rings is 1. The summed E-state index contributed by atoms with van der Waals surface area (Å²) in [7, 11) is 0. The van der Waals surface area contributed by atoms with Gasteiger partial charge in [0.25, 0.3) is 5.56 Å². The molecule has 90 valence electrons. The molecule has 2 rings (SSSR count). The maximum atomic E-state index is 11.2. The van der Waals surface area contributed by atoms with E-state index < -0.39 is 0 Å². The molecule has 18 heavy (non-hydrogen) atoms. The second kappa shape index (κ2) is 4.77. The van der Waals surface area contributed by atoms with Crippen molar-refractivity contribution in [3.63, 3.8) is 0 Å². The molecule has 0 saturated carbocycles. The van der Waals surface area contributed by atoms with Crippen molar-refractivity contribution < 1.29 is 0 Å². The van der Waals surface area contributed by atoms with Crippen molar-refractivity contribution in [1.82, 2.24) is 15.0 Å². The molecule has 0 bridgehead atoms. The van der Waals surface area contributed by atoms with Crippen LogP contribution in [0.25, 0.3) is 0 Å². The maximum absolute atomic E-state index is 11.2. The van der Waals surface area contributed by atoms with Crippen LogP contribution in [0, 0.1) is 11.3 Å². The number of hydrogen-bond acceptors (Lipinski definition) is 7. The first-order valence-electron chi connectivity index (χ1n) is 4.80. The van der Waals surface area contributed by atoms with Crippen molar-refractivity contribution in [3.8, 4) is 6.07 Å². The van der Waals surface area contributed by atoms with Crippen LogP contribution in [-0.4, -0.2) is 15.0 Å². The molecule has 2 aromatic heterocycles. The zero-order valence-electron chi connectivity index (χ0n) is 9.04. The third-order valence-corrected chi connectivity index (χ3v) is 2.77. The lowest BCUT2D eigenvalue weighted by Gasteiger charge is -2.02. The molecule has 0 unspecified atom stereocenters. The fourth-order valence-corrected chi connectivity index (χ4v) is 1.97. The first-order valence-corrected chi connectivity index (χ1v) is 5.61. The molecule has 8 heteroatoms.